The van der Waals surface area contributed by atoms with Gasteiger partial charge in [0.05, 0.1) is 0 Å². The Morgan fingerprint density at radius 2 is 2.08 bits per heavy atom. The highest BCUT2D eigenvalue weighted by Gasteiger charge is 2.38. The third-order valence-corrected chi connectivity index (χ3v) is 2.18. The van der Waals surface area contributed by atoms with E-state index in [1.807, 2.05) is 0 Å². The standard InChI is InChI=1S/C9H16O3/c1-6(10)8(11)12-7-4-9(2,3)5-7/h6-7,10H,4-5H2,1-3H3. The Hall–Kier alpha value is -0.570. The Bertz CT molecular complexity index is 176. The van der Waals surface area contributed by atoms with Crippen molar-refractivity contribution in [3.8, 4) is 0 Å². The summed E-state index contributed by atoms with van der Waals surface area (Å²) < 4.78 is 4.99. The van der Waals surface area contributed by atoms with Crippen LogP contribution in [0.4, 0.5) is 0 Å². The first-order valence-corrected chi connectivity index (χ1v) is 4.29. The Kier molecular flexibility index (Phi) is 2.42. The molecule has 0 aliphatic heterocycles. The maximum Gasteiger partial charge on any atom is 0.334 e. The van der Waals surface area contributed by atoms with Gasteiger partial charge in [0.15, 0.2) is 0 Å². The first kappa shape index (κ1) is 9.52. The van der Waals surface area contributed by atoms with Crippen LogP contribution in [0.5, 0.6) is 0 Å². The average Bonchev–Trinajstić information content (AvgIpc) is 1.83. The van der Waals surface area contributed by atoms with Crippen LogP contribution in [0.2, 0.25) is 0 Å². The van der Waals surface area contributed by atoms with Crippen molar-refractivity contribution in [1.29, 1.82) is 0 Å². The molecule has 1 rings (SSSR count). The van der Waals surface area contributed by atoms with E-state index in [1.165, 1.54) is 6.92 Å². The van der Waals surface area contributed by atoms with E-state index in [2.05, 4.69) is 13.8 Å². The van der Waals surface area contributed by atoms with E-state index in [-0.39, 0.29) is 6.10 Å². The number of ether oxygens (including phenoxy) is 1. The van der Waals surface area contributed by atoms with E-state index in [0.29, 0.717) is 5.41 Å². The molecular formula is C9H16O3. The lowest BCUT2D eigenvalue weighted by molar-refractivity contribution is -0.168. The molecule has 1 aliphatic rings. The lowest BCUT2D eigenvalue weighted by atomic mass is 9.70. The lowest BCUT2D eigenvalue weighted by Gasteiger charge is -2.41. The number of aliphatic hydroxyl groups excluding tert-OH is 1. The maximum atomic E-state index is 10.9. The molecule has 0 aromatic carbocycles. The zero-order valence-corrected chi connectivity index (χ0v) is 7.83. The second-order valence-corrected chi connectivity index (χ2v) is 4.31. The number of hydrogen-bond donors (Lipinski definition) is 1. The van der Waals surface area contributed by atoms with Crippen molar-refractivity contribution >= 4 is 5.97 Å². The van der Waals surface area contributed by atoms with Crippen LogP contribution in [0.1, 0.15) is 33.6 Å². The highest BCUT2D eigenvalue weighted by molar-refractivity contribution is 5.74. The maximum absolute atomic E-state index is 10.9. The van der Waals surface area contributed by atoms with Crippen molar-refractivity contribution < 1.29 is 14.6 Å². The Morgan fingerprint density at radius 1 is 1.58 bits per heavy atom. The van der Waals surface area contributed by atoms with Gasteiger partial charge in [-0.3, -0.25) is 0 Å². The van der Waals surface area contributed by atoms with Crippen LogP contribution in [-0.4, -0.2) is 23.3 Å². The van der Waals surface area contributed by atoms with Crippen molar-refractivity contribution in [1.82, 2.24) is 0 Å². The normalized spacial score (nSPS) is 24.3. The van der Waals surface area contributed by atoms with E-state index < -0.39 is 12.1 Å². The molecule has 1 saturated carbocycles. The number of carbonyl (C=O) groups excluding carboxylic acids is 1. The van der Waals surface area contributed by atoms with Crippen LogP contribution < -0.4 is 0 Å². The molecule has 0 radical (unpaired) electrons. The summed E-state index contributed by atoms with van der Waals surface area (Å²) in [6, 6.07) is 0. The predicted octanol–water partition coefficient (Wildman–Crippen LogP) is 1.10. The highest BCUT2D eigenvalue weighted by atomic mass is 16.6. The Labute approximate surface area is 72.7 Å². The van der Waals surface area contributed by atoms with Crippen molar-refractivity contribution in [2.75, 3.05) is 0 Å². The smallest absolute Gasteiger partial charge is 0.334 e. The lowest BCUT2D eigenvalue weighted by Crippen LogP contribution is -2.40. The van der Waals surface area contributed by atoms with Gasteiger partial charge in [0.2, 0.25) is 0 Å². The summed E-state index contributed by atoms with van der Waals surface area (Å²) in [5, 5.41) is 8.84. The number of rotatable bonds is 2. The van der Waals surface area contributed by atoms with E-state index in [9.17, 15) is 4.79 Å². The number of hydrogen-bond acceptors (Lipinski definition) is 3. The molecule has 3 nitrogen and oxygen atoms in total. The van der Waals surface area contributed by atoms with Crippen molar-refractivity contribution in [3.05, 3.63) is 0 Å². The third kappa shape index (κ3) is 2.21. The second-order valence-electron chi connectivity index (χ2n) is 4.31. The number of esters is 1. The summed E-state index contributed by atoms with van der Waals surface area (Å²) in [6.07, 6.45) is 0.854. The predicted molar refractivity (Wildman–Crippen MR) is 44.6 cm³/mol. The number of carbonyl (C=O) groups is 1. The van der Waals surface area contributed by atoms with Gasteiger partial charge in [0, 0.05) is 0 Å². The molecule has 0 heterocycles. The van der Waals surface area contributed by atoms with Crippen LogP contribution in [0.3, 0.4) is 0 Å². The van der Waals surface area contributed by atoms with Crippen LogP contribution >= 0.6 is 0 Å². The van der Waals surface area contributed by atoms with Gasteiger partial charge in [0.25, 0.3) is 0 Å². The molecule has 1 unspecified atom stereocenters. The first-order valence-electron chi connectivity index (χ1n) is 4.29. The summed E-state index contributed by atoms with van der Waals surface area (Å²) >= 11 is 0. The zero-order valence-electron chi connectivity index (χ0n) is 7.83. The average molecular weight is 172 g/mol. The van der Waals surface area contributed by atoms with Crippen LogP contribution in [0, 0.1) is 5.41 Å². The van der Waals surface area contributed by atoms with Gasteiger partial charge < -0.3 is 9.84 Å². The molecule has 1 atom stereocenters. The van der Waals surface area contributed by atoms with Gasteiger partial charge in [-0.05, 0) is 25.2 Å². The molecule has 0 saturated heterocycles. The summed E-state index contributed by atoms with van der Waals surface area (Å²) in [7, 11) is 0. The number of aliphatic hydroxyl groups is 1. The van der Waals surface area contributed by atoms with Gasteiger partial charge in [-0.2, -0.15) is 0 Å². The molecule has 70 valence electrons. The molecule has 0 bridgehead atoms. The minimum atomic E-state index is -0.992. The van der Waals surface area contributed by atoms with Crippen LogP contribution in [0.25, 0.3) is 0 Å². The van der Waals surface area contributed by atoms with E-state index in [1.54, 1.807) is 0 Å². The van der Waals surface area contributed by atoms with Gasteiger partial charge >= 0.3 is 5.97 Å². The highest BCUT2D eigenvalue weighted by Crippen LogP contribution is 2.41. The molecule has 0 aromatic rings. The molecule has 1 N–H and O–H groups in total. The summed E-state index contributed by atoms with van der Waals surface area (Å²) in [4.78, 5) is 10.9. The monoisotopic (exact) mass is 172 g/mol. The minimum absolute atomic E-state index is 0.0297. The quantitative estimate of drug-likeness (QED) is 0.634. The van der Waals surface area contributed by atoms with Gasteiger partial charge in [-0.15, -0.1) is 0 Å². The summed E-state index contributed by atoms with van der Waals surface area (Å²) in [5.74, 6) is -0.504. The fraction of sp³-hybridized carbons (Fsp3) is 0.889. The van der Waals surface area contributed by atoms with Crippen molar-refractivity contribution in [2.45, 2.75) is 45.8 Å². The first-order chi connectivity index (χ1) is 5.41. The Morgan fingerprint density at radius 3 is 2.42 bits per heavy atom. The van der Waals surface area contributed by atoms with E-state index >= 15 is 0 Å². The SMILES string of the molecule is CC(O)C(=O)OC1CC(C)(C)C1. The largest absolute Gasteiger partial charge is 0.460 e. The van der Waals surface area contributed by atoms with Crippen LogP contribution in [-0.2, 0) is 9.53 Å². The van der Waals surface area contributed by atoms with Gasteiger partial charge in [-0.25, -0.2) is 4.79 Å². The molecule has 1 aliphatic carbocycles. The molecule has 3 heteroatoms. The zero-order chi connectivity index (χ0) is 9.35. The fourth-order valence-corrected chi connectivity index (χ4v) is 1.52. The summed E-state index contributed by atoms with van der Waals surface area (Å²) in [5.41, 5.74) is 0.309. The molecule has 12 heavy (non-hydrogen) atoms. The molecule has 0 amide bonds. The fourth-order valence-electron chi connectivity index (χ4n) is 1.52. The van der Waals surface area contributed by atoms with E-state index in [0.717, 1.165) is 12.8 Å². The van der Waals surface area contributed by atoms with E-state index in [4.69, 9.17) is 9.84 Å². The van der Waals surface area contributed by atoms with Crippen LogP contribution in [0.15, 0.2) is 0 Å². The third-order valence-electron chi connectivity index (χ3n) is 2.18. The van der Waals surface area contributed by atoms with Crippen molar-refractivity contribution in [3.63, 3.8) is 0 Å². The molecule has 0 spiro atoms. The molecule has 0 aromatic heterocycles. The van der Waals surface area contributed by atoms with Gasteiger partial charge in [-0.1, -0.05) is 13.8 Å². The Balaban J connectivity index is 2.23. The summed E-state index contributed by atoms with van der Waals surface area (Å²) in [6.45, 7) is 5.70. The van der Waals surface area contributed by atoms with Gasteiger partial charge in [0.1, 0.15) is 12.2 Å². The minimum Gasteiger partial charge on any atom is -0.460 e. The van der Waals surface area contributed by atoms with Crippen molar-refractivity contribution in [2.24, 2.45) is 5.41 Å². The molecule has 1 fully saturated rings. The molecular weight excluding hydrogens is 156 g/mol. The second kappa shape index (κ2) is 3.05. The topological polar surface area (TPSA) is 46.5 Å².